The van der Waals surface area contributed by atoms with Crippen molar-refractivity contribution in [1.29, 1.82) is 0 Å². The summed E-state index contributed by atoms with van der Waals surface area (Å²) in [7, 11) is -9.91. The van der Waals surface area contributed by atoms with Gasteiger partial charge in [0.1, 0.15) is 19.3 Å². The highest BCUT2D eigenvalue weighted by Gasteiger charge is 2.30. The number of hydrogen-bond donors (Lipinski definition) is 3. The van der Waals surface area contributed by atoms with Crippen molar-refractivity contribution in [2.45, 2.75) is 375 Å². The first-order valence-corrected chi connectivity index (χ1v) is 40.2. The Bertz CT molecular complexity index is 1800. The van der Waals surface area contributed by atoms with Crippen LogP contribution in [0.3, 0.4) is 0 Å². The number of ether oxygens (including phenoxy) is 4. The first-order valence-electron chi connectivity index (χ1n) is 37.2. The third-order valence-corrected chi connectivity index (χ3v) is 18.8. The molecule has 3 N–H and O–H groups in total. The molecule has 0 fully saturated rings. The van der Waals surface area contributed by atoms with E-state index in [1.807, 2.05) is 0 Å². The molecule has 91 heavy (non-hydrogen) atoms. The molecule has 0 bridgehead atoms. The van der Waals surface area contributed by atoms with Gasteiger partial charge in [0.2, 0.25) is 0 Å². The maximum absolute atomic E-state index is 13.0. The number of carbonyl (C=O) groups excluding carboxylic acids is 4. The van der Waals surface area contributed by atoms with Gasteiger partial charge in [0, 0.05) is 25.7 Å². The van der Waals surface area contributed by atoms with Crippen molar-refractivity contribution in [3.05, 3.63) is 0 Å². The lowest BCUT2D eigenvalue weighted by Gasteiger charge is -2.21. The number of phosphoric ester groups is 2. The predicted molar refractivity (Wildman–Crippen MR) is 367 cm³/mol. The van der Waals surface area contributed by atoms with Crippen LogP contribution in [0.15, 0.2) is 0 Å². The molecule has 0 aromatic rings. The molecule has 0 saturated heterocycles. The summed E-state index contributed by atoms with van der Waals surface area (Å²) < 4.78 is 68.4. The van der Waals surface area contributed by atoms with Gasteiger partial charge in [-0.15, -0.1) is 0 Å². The molecule has 0 aliphatic carbocycles. The third kappa shape index (κ3) is 65.1. The van der Waals surface area contributed by atoms with Crippen LogP contribution in [0.1, 0.15) is 357 Å². The van der Waals surface area contributed by atoms with Crippen LogP contribution in [0.4, 0.5) is 0 Å². The maximum Gasteiger partial charge on any atom is 0.472 e. The van der Waals surface area contributed by atoms with Gasteiger partial charge < -0.3 is 33.8 Å². The van der Waals surface area contributed by atoms with Crippen LogP contribution in [-0.4, -0.2) is 96.7 Å². The van der Waals surface area contributed by atoms with Crippen LogP contribution in [0, 0.1) is 23.7 Å². The SMILES string of the molecule is CCC(C)CCCCCCCCCCC(=O)OC[C@H](COP(=O)(O)OCC(O)COP(=O)(O)OC[C@@H](COC(=O)CCCCCCCCCC(C)C)OC(=O)CCCCCCCCCCCCCC(C)C)OC(=O)CCCCCCCCCCCCCCC(C)C. The van der Waals surface area contributed by atoms with E-state index in [-0.39, 0.29) is 25.7 Å². The summed E-state index contributed by atoms with van der Waals surface area (Å²) >= 11 is 0. The number of aliphatic hydroxyl groups is 1. The van der Waals surface area contributed by atoms with Crippen LogP contribution in [0.25, 0.3) is 0 Å². The van der Waals surface area contributed by atoms with E-state index in [1.54, 1.807) is 0 Å². The van der Waals surface area contributed by atoms with E-state index in [1.165, 1.54) is 154 Å². The van der Waals surface area contributed by atoms with Gasteiger partial charge in [0.25, 0.3) is 0 Å². The number of carbonyl (C=O) groups is 4. The highest BCUT2D eigenvalue weighted by atomic mass is 31.2. The van der Waals surface area contributed by atoms with E-state index in [4.69, 9.17) is 37.0 Å². The van der Waals surface area contributed by atoms with Crippen LogP contribution in [0.5, 0.6) is 0 Å². The normalized spacial score (nSPS) is 14.5. The van der Waals surface area contributed by atoms with E-state index in [0.717, 1.165) is 114 Å². The van der Waals surface area contributed by atoms with Gasteiger partial charge in [-0.3, -0.25) is 37.3 Å². The topological polar surface area (TPSA) is 237 Å². The molecule has 0 aliphatic rings. The van der Waals surface area contributed by atoms with Crippen molar-refractivity contribution in [3.63, 3.8) is 0 Å². The fraction of sp³-hybridized carbons (Fsp3) is 0.944. The molecule has 0 aromatic carbocycles. The second-order valence-corrected chi connectivity index (χ2v) is 30.6. The Balaban J connectivity index is 5.26. The fourth-order valence-corrected chi connectivity index (χ4v) is 12.4. The smallest absolute Gasteiger partial charge is 0.462 e. The van der Waals surface area contributed by atoms with Gasteiger partial charge in [-0.2, -0.15) is 0 Å². The molecule has 0 aliphatic heterocycles. The Morgan fingerprint density at radius 1 is 0.308 bits per heavy atom. The van der Waals surface area contributed by atoms with Crippen LogP contribution < -0.4 is 0 Å². The average Bonchev–Trinajstić information content (AvgIpc) is 2.83. The van der Waals surface area contributed by atoms with E-state index < -0.39 is 97.5 Å². The Labute approximate surface area is 556 Å². The van der Waals surface area contributed by atoms with Crippen LogP contribution in [0.2, 0.25) is 0 Å². The summed E-state index contributed by atoms with van der Waals surface area (Å²) in [5.41, 5.74) is 0. The molecule has 6 atom stereocenters. The van der Waals surface area contributed by atoms with Crippen molar-refractivity contribution in [1.82, 2.24) is 0 Å². The molecule has 0 rings (SSSR count). The molecule has 0 aromatic heterocycles. The quantitative estimate of drug-likeness (QED) is 0.0222. The molecule has 0 radical (unpaired) electrons. The molecule has 0 amide bonds. The molecule has 17 nitrogen and oxygen atoms in total. The molecule has 0 heterocycles. The summed E-state index contributed by atoms with van der Waals surface area (Å²) in [5, 5.41) is 10.6. The third-order valence-electron chi connectivity index (χ3n) is 16.9. The van der Waals surface area contributed by atoms with Crippen molar-refractivity contribution in [3.8, 4) is 0 Å². The minimum atomic E-state index is -4.95. The van der Waals surface area contributed by atoms with E-state index in [2.05, 4.69) is 55.4 Å². The number of aliphatic hydroxyl groups excluding tert-OH is 1. The van der Waals surface area contributed by atoms with Crippen molar-refractivity contribution < 1.29 is 80.2 Å². The second-order valence-electron chi connectivity index (χ2n) is 27.6. The zero-order valence-electron chi connectivity index (χ0n) is 59.5. The van der Waals surface area contributed by atoms with Crippen molar-refractivity contribution in [2.24, 2.45) is 23.7 Å². The van der Waals surface area contributed by atoms with E-state index in [0.29, 0.717) is 31.6 Å². The summed E-state index contributed by atoms with van der Waals surface area (Å²) in [6.07, 6.45) is 44.4. The number of unbranched alkanes of at least 4 members (excludes halogenated alkanes) is 34. The van der Waals surface area contributed by atoms with Gasteiger partial charge in [0.05, 0.1) is 26.4 Å². The Kier molecular flexibility index (Phi) is 60.3. The highest BCUT2D eigenvalue weighted by molar-refractivity contribution is 7.47. The molecular formula is C72H140O17P2. The maximum atomic E-state index is 13.0. The fourth-order valence-electron chi connectivity index (χ4n) is 10.8. The number of rotatable bonds is 69. The molecular weight excluding hydrogens is 1200 g/mol. The molecule has 19 heteroatoms. The lowest BCUT2D eigenvalue weighted by Crippen LogP contribution is -2.30. The van der Waals surface area contributed by atoms with Gasteiger partial charge >= 0.3 is 39.5 Å². The van der Waals surface area contributed by atoms with Crippen LogP contribution in [-0.2, 0) is 65.4 Å². The van der Waals surface area contributed by atoms with Gasteiger partial charge in [0.15, 0.2) is 12.2 Å². The summed E-state index contributed by atoms with van der Waals surface area (Å²) in [4.78, 5) is 72.6. The minimum Gasteiger partial charge on any atom is -0.462 e. The summed E-state index contributed by atoms with van der Waals surface area (Å²) in [6, 6.07) is 0. The number of phosphoric acid groups is 2. The molecule has 0 saturated carbocycles. The average molecular weight is 1340 g/mol. The lowest BCUT2D eigenvalue weighted by atomic mass is 9.99. The monoisotopic (exact) mass is 1340 g/mol. The molecule has 4 unspecified atom stereocenters. The Morgan fingerprint density at radius 2 is 0.527 bits per heavy atom. The van der Waals surface area contributed by atoms with Gasteiger partial charge in [-0.25, -0.2) is 9.13 Å². The molecule has 0 spiro atoms. The highest BCUT2D eigenvalue weighted by Crippen LogP contribution is 2.45. The summed E-state index contributed by atoms with van der Waals surface area (Å²) in [5.74, 6) is 0.898. The zero-order chi connectivity index (χ0) is 67.5. The Morgan fingerprint density at radius 3 is 0.780 bits per heavy atom. The summed E-state index contributed by atoms with van der Waals surface area (Å²) in [6.45, 7) is 14.1. The standard InChI is InChI=1S/C72H140O17P2/c1-9-65(8)51-43-35-27-21-22-28-36-44-52-69(74)82-58-67(88-71(76)54-46-38-29-19-15-11-10-13-17-24-32-40-48-62(2)3)60-86-90(78,79)84-56-66(73)57-85-91(80,81)87-61-68(59-83-70(75)53-45-37-31-23-26-34-42-50-64(6)7)89-72(77)55-47-39-30-20-16-12-14-18-25-33-41-49-63(4)5/h62-68,73H,9-61H2,1-8H3,(H,78,79)(H,80,81)/t65?,66?,67-,68-/m1/s1. The van der Waals surface area contributed by atoms with E-state index >= 15 is 0 Å². The lowest BCUT2D eigenvalue weighted by molar-refractivity contribution is -0.161. The largest absolute Gasteiger partial charge is 0.472 e. The van der Waals surface area contributed by atoms with E-state index in [9.17, 15) is 43.2 Å². The van der Waals surface area contributed by atoms with Gasteiger partial charge in [-0.05, 0) is 49.4 Å². The molecule has 540 valence electrons. The van der Waals surface area contributed by atoms with Gasteiger partial charge in [-0.1, -0.05) is 306 Å². The van der Waals surface area contributed by atoms with Crippen LogP contribution >= 0.6 is 15.6 Å². The first-order chi connectivity index (χ1) is 43.6. The Hall–Kier alpha value is -1.94. The number of esters is 4. The second kappa shape index (κ2) is 61.6. The predicted octanol–water partition coefficient (Wildman–Crippen LogP) is 20.5. The first kappa shape index (κ1) is 89.1. The minimum absolute atomic E-state index is 0.105. The van der Waals surface area contributed by atoms with Crippen molar-refractivity contribution >= 4 is 39.5 Å². The zero-order valence-corrected chi connectivity index (χ0v) is 61.3. The number of hydrogen-bond acceptors (Lipinski definition) is 15. The van der Waals surface area contributed by atoms with Crippen molar-refractivity contribution in [2.75, 3.05) is 39.6 Å².